The molecule has 118 valence electrons. The smallest absolute Gasteiger partial charge is 0.409 e. The van der Waals surface area contributed by atoms with Gasteiger partial charge in [-0.3, -0.25) is 5.10 Å². The van der Waals surface area contributed by atoms with E-state index in [1.54, 1.807) is 12.4 Å². The molecule has 1 amide bonds. The number of carbonyl (C=O) groups excluding carboxylic acids is 1. The van der Waals surface area contributed by atoms with Gasteiger partial charge < -0.3 is 10.1 Å². The molecule has 2 aromatic heterocycles. The summed E-state index contributed by atoms with van der Waals surface area (Å²) in [5.74, 6) is 2.63. The van der Waals surface area contributed by atoms with Crippen LogP contribution in [0, 0.1) is 19.3 Å². The highest BCUT2D eigenvalue weighted by molar-refractivity contribution is 5.92. The molecule has 1 aliphatic rings. The van der Waals surface area contributed by atoms with E-state index in [0.717, 1.165) is 33.3 Å². The molecule has 1 aromatic carbocycles. The summed E-state index contributed by atoms with van der Waals surface area (Å²) in [6.07, 6.45) is 8.65. The average Bonchev–Trinajstić information content (AvgIpc) is 3.21. The molecule has 1 fully saturated rings. The third-order valence-corrected chi connectivity index (χ3v) is 4.19. The van der Waals surface area contributed by atoms with Crippen molar-refractivity contribution in [3.05, 3.63) is 47.8 Å². The summed E-state index contributed by atoms with van der Waals surface area (Å²) in [7, 11) is 0. The van der Waals surface area contributed by atoms with E-state index in [0.29, 0.717) is 0 Å². The van der Waals surface area contributed by atoms with Gasteiger partial charge in [0, 0.05) is 17.1 Å². The highest BCUT2D eigenvalue weighted by Crippen LogP contribution is 2.34. The van der Waals surface area contributed by atoms with E-state index in [9.17, 15) is 4.79 Å². The van der Waals surface area contributed by atoms with E-state index < -0.39 is 11.7 Å². The van der Waals surface area contributed by atoms with Crippen LogP contribution >= 0.6 is 0 Å². The van der Waals surface area contributed by atoms with Gasteiger partial charge in [-0.1, -0.05) is 23.6 Å². The van der Waals surface area contributed by atoms with Gasteiger partial charge in [-0.15, -0.1) is 6.42 Å². The van der Waals surface area contributed by atoms with Crippen molar-refractivity contribution in [1.29, 1.82) is 0 Å². The second kappa shape index (κ2) is 5.10. The number of aromatic nitrogens is 3. The number of terminal acetylenes is 1. The van der Waals surface area contributed by atoms with Crippen molar-refractivity contribution in [2.75, 3.05) is 6.54 Å². The first-order valence-electron chi connectivity index (χ1n) is 7.46. The molecule has 1 unspecified atom stereocenters. The van der Waals surface area contributed by atoms with Crippen LogP contribution in [0.3, 0.4) is 0 Å². The van der Waals surface area contributed by atoms with Crippen LogP contribution in [0.1, 0.15) is 11.1 Å². The molecule has 0 spiro atoms. The highest BCUT2D eigenvalue weighted by atomic mass is 16.6. The number of hydrogen-bond acceptors (Lipinski definition) is 4. The maximum absolute atomic E-state index is 11.5. The van der Waals surface area contributed by atoms with Crippen LogP contribution in [0.4, 0.5) is 4.79 Å². The van der Waals surface area contributed by atoms with Gasteiger partial charge in [-0.2, -0.15) is 5.10 Å². The Morgan fingerprint density at radius 1 is 1.38 bits per heavy atom. The van der Waals surface area contributed by atoms with Crippen LogP contribution < -0.4 is 5.32 Å². The summed E-state index contributed by atoms with van der Waals surface area (Å²) in [5, 5.41) is 10.5. The maximum atomic E-state index is 11.5. The Morgan fingerprint density at radius 2 is 2.25 bits per heavy atom. The van der Waals surface area contributed by atoms with Crippen molar-refractivity contribution in [3.63, 3.8) is 0 Å². The molecule has 4 rings (SSSR count). The average molecular weight is 318 g/mol. The molecule has 1 saturated heterocycles. The third kappa shape index (κ3) is 2.10. The zero-order valence-electron chi connectivity index (χ0n) is 13.0. The van der Waals surface area contributed by atoms with Crippen LogP contribution in [-0.4, -0.2) is 27.8 Å². The van der Waals surface area contributed by atoms with Gasteiger partial charge in [0.2, 0.25) is 5.60 Å². The largest absolute Gasteiger partial charge is 0.423 e. The molecule has 24 heavy (non-hydrogen) atoms. The fourth-order valence-corrected chi connectivity index (χ4v) is 3.03. The number of carbonyl (C=O) groups is 1. The quantitative estimate of drug-likeness (QED) is 0.712. The van der Waals surface area contributed by atoms with Gasteiger partial charge in [0.15, 0.2) is 5.65 Å². The van der Waals surface area contributed by atoms with E-state index in [1.807, 2.05) is 25.1 Å². The minimum atomic E-state index is -1.08. The van der Waals surface area contributed by atoms with Crippen LogP contribution in [0.25, 0.3) is 22.2 Å². The molecule has 6 nitrogen and oxygen atoms in total. The third-order valence-electron chi connectivity index (χ3n) is 4.19. The number of ether oxygens (including phenoxy) is 1. The Balaban J connectivity index is 1.90. The normalized spacial score (nSPS) is 19.8. The van der Waals surface area contributed by atoms with E-state index in [2.05, 4.69) is 32.5 Å². The zero-order chi connectivity index (χ0) is 16.7. The molecule has 1 atom stereocenters. The predicted octanol–water partition coefficient (Wildman–Crippen LogP) is 2.50. The van der Waals surface area contributed by atoms with Gasteiger partial charge >= 0.3 is 6.09 Å². The number of aromatic amines is 1. The van der Waals surface area contributed by atoms with E-state index in [4.69, 9.17) is 11.2 Å². The van der Waals surface area contributed by atoms with Gasteiger partial charge in [0.25, 0.3) is 0 Å². The summed E-state index contributed by atoms with van der Waals surface area (Å²) >= 11 is 0. The van der Waals surface area contributed by atoms with Crippen molar-refractivity contribution in [2.24, 2.45) is 0 Å². The molecule has 0 radical (unpaired) electrons. The number of benzene rings is 1. The molecule has 3 heterocycles. The summed E-state index contributed by atoms with van der Waals surface area (Å²) in [4.78, 5) is 15.8. The second-order valence-corrected chi connectivity index (χ2v) is 5.79. The Kier molecular flexibility index (Phi) is 3.03. The number of amides is 1. The van der Waals surface area contributed by atoms with Crippen LogP contribution in [0.15, 0.2) is 36.7 Å². The number of nitrogens with one attached hydrogen (secondary N) is 2. The first kappa shape index (κ1) is 14.3. The number of alkyl carbamates (subject to hydrolysis) is 1. The van der Waals surface area contributed by atoms with E-state index >= 15 is 0 Å². The Bertz CT molecular complexity index is 1000. The Morgan fingerprint density at radius 3 is 3.00 bits per heavy atom. The Labute approximate surface area is 138 Å². The second-order valence-electron chi connectivity index (χ2n) is 5.79. The maximum Gasteiger partial charge on any atom is 0.409 e. The summed E-state index contributed by atoms with van der Waals surface area (Å²) in [6, 6.07) is 7.88. The standard InChI is InChI=1S/C18H14N4O2/c1-3-18(10-20-17(23)24-18)13-7-11(2)6-12(8-13)14-4-5-19-16-15(14)9-21-22-16/h1,4-9H,10H2,2H3,(H,20,23)(H,19,21,22). The lowest BCUT2D eigenvalue weighted by Gasteiger charge is -2.22. The number of pyridine rings is 1. The summed E-state index contributed by atoms with van der Waals surface area (Å²) in [5.41, 5.74) is 3.39. The lowest BCUT2D eigenvalue weighted by atomic mass is 9.90. The van der Waals surface area contributed by atoms with Gasteiger partial charge in [0.05, 0.1) is 12.7 Å². The minimum absolute atomic E-state index is 0.253. The lowest BCUT2D eigenvalue weighted by Crippen LogP contribution is -2.28. The predicted molar refractivity (Wildman–Crippen MR) is 89.1 cm³/mol. The first-order chi connectivity index (χ1) is 11.6. The molecule has 3 aromatic rings. The van der Waals surface area contributed by atoms with Gasteiger partial charge in [0.1, 0.15) is 0 Å². The molecule has 1 aliphatic heterocycles. The first-order valence-corrected chi connectivity index (χ1v) is 7.46. The zero-order valence-corrected chi connectivity index (χ0v) is 13.0. The SMILES string of the molecule is C#CC1(c2cc(C)cc(-c3ccnc4[nH]ncc34)c2)CNC(=O)O1. The van der Waals surface area contributed by atoms with E-state index in [1.165, 1.54) is 0 Å². The van der Waals surface area contributed by atoms with Gasteiger partial charge in [-0.25, -0.2) is 9.78 Å². The molecule has 0 saturated carbocycles. The van der Waals surface area contributed by atoms with E-state index in [-0.39, 0.29) is 6.54 Å². The fraction of sp³-hybridized carbons (Fsp3) is 0.167. The molecule has 6 heteroatoms. The number of hydrogen-bond donors (Lipinski definition) is 2. The minimum Gasteiger partial charge on any atom is -0.423 e. The number of H-pyrrole nitrogens is 1. The number of rotatable bonds is 2. The highest BCUT2D eigenvalue weighted by Gasteiger charge is 2.40. The topological polar surface area (TPSA) is 79.9 Å². The Hall–Kier alpha value is -3.33. The van der Waals surface area contributed by atoms with Crippen molar-refractivity contribution in [3.8, 4) is 23.5 Å². The number of fused-ring (bicyclic) bond motifs is 1. The molecule has 0 bridgehead atoms. The van der Waals surface area contributed by atoms with Crippen molar-refractivity contribution >= 4 is 17.1 Å². The van der Waals surface area contributed by atoms with Crippen LogP contribution in [0.2, 0.25) is 0 Å². The summed E-state index contributed by atoms with van der Waals surface area (Å²) in [6.45, 7) is 2.23. The van der Waals surface area contributed by atoms with Crippen molar-refractivity contribution in [2.45, 2.75) is 12.5 Å². The lowest BCUT2D eigenvalue weighted by molar-refractivity contribution is 0.0999. The molecule has 0 aliphatic carbocycles. The molecular formula is C18H14N4O2. The molecule has 2 N–H and O–H groups in total. The van der Waals surface area contributed by atoms with Crippen LogP contribution in [-0.2, 0) is 10.3 Å². The number of cyclic esters (lactones) is 1. The fourth-order valence-electron chi connectivity index (χ4n) is 3.03. The summed E-state index contributed by atoms with van der Waals surface area (Å²) < 4.78 is 5.39. The number of nitrogens with zero attached hydrogens (tertiary/aromatic N) is 2. The molecular weight excluding hydrogens is 304 g/mol. The van der Waals surface area contributed by atoms with Gasteiger partial charge in [-0.05, 0) is 30.2 Å². The van der Waals surface area contributed by atoms with Crippen molar-refractivity contribution in [1.82, 2.24) is 20.5 Å². The number of aryl methyl sites for hydroxylation is 1. The van der Waals surface area contributed by atoms with Crippen molar-refractivity contribution < 1.29 is 9.53 Å². The monoisotopic (exact) mass is 318 g/mol. The van der Waals surface area contributed by atoms with Crippen LogP contribution in [0.5, 0.6) is 0 Å².